The van der Waals surface area contributed by atoms with Crippen LogP contribution in [0.3, 0.4) is 0 Å². The van der Waals surface area contributed by atoms with Crippen molar-refractivity contribution in [3.63, 3.8) is 0 Å². The van der Waals surface area contributed by atoms with Gasteiger partial charge in [-0.05, 0) is 36.1 Å². The molecule has 0 amide bonds. The van der Waals surface area contributed by atoms with E-state index in [-0.39, 0.29) is 5.41 Å². The predicted octanol–water partition coefficient (Wildman–Crippen LogP) is 3.47. The van der Waals surface area contributed by atoms with Gasteiger partial charge < -0.3 is 9.59 Å². The summed E-state index contributed by atoms with van der Waals surface area (Å²) in [5, 5.41) is 9.91. The van der Waals surface area contributed by atoms with Crippen molar-refractivity contribution in [1.29, 1.82) is 0 Å². The van der Waals surface area contributed by atoms with E-state index in [0.29, 0.717) is 11.7 Å². The van der Waals surface area contributed by atoms with Crippen LogP contribution in [0, 0.1) is 11.8 Å². The molecule has 2 unspecified atom stereocenters. The van der Waals surface area contributed by atoms with Crippen LogP contribution in [0.4, 0.5) is 0 Å². The maximum atomic E-state index is 9.91. The SMILES string of the molecule is C[C@H]1C2Cc3ccc(O)cc3[C@@]1(C)CC[N+]2(C)CC1CC1. The van der Waals surface area contributed by atoms with Crippen LogP contribution in [-0.2, 0) is 11.8 Å². The first-order valence-corrected chi connectivity index (χ1v) is 8.59. The van der Waals surface area contributed by atoms with E-state index >= 15 is 0 Å². The van der Waals surface area contributed by atoms with Crippen LogP contribution in [-0.4, -0.2) is 35.8 Å². The lowest BCUT2D eigenvalue weighted by atomic mass is 9.58. The van der Waals surface area contributed by atoms with Crippen LogP contribution in [0.5, 0.6) is 5.75 Å². The summed E-state index contributed by atoms with van der Waals surface area (Å²) < 4.78 is 1.28. The summed E-state index contributed by atoms with van der Waals surface area (Å²) in [5.74, 6) is 2.12. The largest absolute Gasteiger partial charge is 0.508 e. The number of quaternary nitrogens is 1. The first-order valence-electron chi connectivity index (χ1n) is 8.59. The monoisotopic (exact) mass is 286 g/mol. The number of hydrogen-bond donors (Lipinski definition) is 1. The fraction of sp³-hybridized carbons (Fsp3) is 0.684. The van der Waals surface area contributed by atoms with Crippen molar-refractivity contribution in [2.75, 3.05) is 20.1 Å². The van der Waals surface area contributed by atoms with Crippen LogP contribution in [0.25, 0.3) is 0 Å². The molecule has 1 aliphatic heterocycles. The highest BCUT2D eigenvalue weighted by Gasteiger charge is 2.55. The molecule has 0 aromatic heterocycles. The van der Waals surface area contributed by atoms with E-state index in [1.54, 1.807) is 0 Å². The Morgan fingerprint density at radius 3 is 2.81 bits per heavy atom. The molecule has 2 nitrogen and oxygen atoms in total. The van der Waals surface area contributed by atoms with Gasteiger partial charge in [0.1, 0.15) is 5.75 Å². The van der Waals surface area contributed by atoms with Crippen LogP contribution in [0.15, 0.2) is 18.2 Å². The van der Waals surface area contributed by atoms with Crippen LogP contribution >= 0.6 is 0 Å². The van der Waals surface area contributed by atoms with E-state index in [9.17, 15) is 5.11 Å². The number of likely N-dealkylation sites (N-methyl/N-ethyl adjacent to an activating group) is 1. The zero-order chi connectivity index (χ0) is 14.8. The number of phenolic OH excluding ortho intramolecular Hbond substituents is 1. The Bertz CT molecular complexity index is 579. The average molecular weight is 286 g/mol. The standard InChI is InChI=1S/C19H27NO/c1-13-18-10-15-6-7-16(21)11-17(15)19(13,2)8-9-20(18,3)12-14-4-5-14/h6-7,11,13-14,18H,4-5,8-10,12H2,1-3H3/p+1/t13-,18?,19-,20?/m0/s1. The highest BCUT2D eigenvalue weighted by atomic mass is 16.3. The minimum Gasteiger partial charge on any atom is -0.508 e. The fourth-order valence-electron chi connectivity index (χ4n) is 5.24. The molecule has 1 saturated heterocycles. The number of fused-ring (bicyclic) bond motifs is 4. The second kappa shape index (κ2) is 4.25. The van der Waals surface area contributed by atoms with Gasteiger partial charge in [0.25, 0.3) is 0 Å². The maximum absolute atomic E-state index is 9.91. The number of piperidine rings is 1. The number of rotatable bonds is 2. The van der Waals surface area contributed by atoms with Crippen LogP contribution in [0.1, 0.15) is 44.2 Å². The lowest BCUT2D eigenvalue weighted by Crippen LogP contribution is -2.67. The summed E-state index contributed by atoms with van der Waals surface area (Å²) in [6, 6.07) is 6.84. The molecule has 2 bridgehead atoms. The molecule has 1 saturated carbocycles. The first kappa shape index (κ1) is 13.6. The smallest absolute Gasteiger partial charge is 0.115 e. The Kier molecular flexibility index (Phi) is 2.76. The molecule has 1 aromatic carbocycles. The third-order valence-corrected chi connectivity index (χ3v) is 7.03. The molecule has 4 atom stereocenters. The molecule has 114 valence electrons. The Labute approximate surface area is 128 Å². The topological polar surface area (TPSA) is 20.2 Å². The molecule has 2 heteroatoms. The number of likely N-dealkylation sites (tertiary alicyclic amines) is 1. The van der Waals surface area contributed by atoms with Gasteiger partial charge in [0.15, 0.2) is 0 Å². The van der Waals surface area contributed by atoms with E-state index in [0.717, 1.165) is 12.0 Å². The minimum absolute atomic E-state index is 0.248. The normalized spacial score (nSPS) is 41.7. The van der Waals surface area contributed by atoms with Crippen molar-refractivity contribution in [3.8, 4) is 5.75 Å². The molecular weight excluding hydrogens is 258 g/mol. The summed E-state index contributed by atoms with van der Waals surface area (Å²) in [6.45, 7) is 7.58. The molecule has 0 radical (unpaired) electrons. The third kappa shape index (κ3) is 1.95. The summed E-state index contributed by atoms with van der Waals surface area (Å²) in [6.07, 6.45) is 5.35. The van der Waals surface area contributed by atoms with Crippen LogP contribution < -0.4 is 0 Å². The Morgan fingerprint density at radius 1 is 1.33 bits per heavy atom. The Hall–Kier alpha value is -1.02. The molecule has 4 rings (SSSR count). The van der Waals surface area contributed by atoms with Crippen molar-refractivity contribution in [3.05, 3.63) is 29.3 Å². The number of hydrogen-bond acceptors (Lipinski definition) is 1. The number of phenols is 1. The van der Waals surface area contributed by atoms with Gasteiger partial charge >= 0.3 is 0 Å². The summed E-state index contributed by atoms with van der Waals surface area (Å²) in [5.41, 5.74) is 3.15. The molecule has 1 aromatic rings. The van der Waals surface area contributed by atoms with Crippen molar-refractivity contribution < 1.29 is 9.59 Å². The van der Waals surface area contributed by atoms with E-state index in [1.165, 1.54) is 54.4 Å². The van der Waals surface area contributed by atoms with Crippen LogP contribution in [0.2, 0.25) is 0 Å². The van der Waals surface area contributed by atoms with Gasteiger partial charge in [-0.25, -0.2) is 0 Å². The summed E-state index contributed by atoms with van der Waals surface area (Å²) >= 11 is 0. The van der Waals surface area contributed by atoms with Gasteiger partial charge in [0.2, 0.25) is 0 Å². The average Bonchev–Trinajstić information content (AvgIpc) is 3.24. The molecule has 2 fully saturated rings. The maximum Gasteiger partial charge on any atom is 0.115 e. The highest BCUT2D eigenvalue weighted by molar-refractivity contribution is 5.43. The lowest BCUT2D eigenvalue weighted by Gasteiger charge is -2.58. The fourth-order valence-corrected chi connectivity index (χ4v) is 5.24. The van der Waals surface area contributed by atoms with E-state index in [2.05, 4.69) is 27.0 Å². The van der Waals surface area contributed by atoms with Gasteiger partial charge in [-0.3, -0.25) is 0 Å². The second-order valence-electron chi connectivity index (χ2n) is 8.40. The molecule has 3 aliphatic rings. The number of benzene rings is 1. The van der Waals surface area contributed by atoms with Gasteiger partial charge in [-0.2, -0.15) is 0 Å². The molecule has 0 spiro atoms. The zero-order valence-corrected chi connectivity index (χ0v) is 13.6. The van der Waals surface area contributed by atoms with Crippen molar-refractivity contribution in [2.45, 2.75) is 51.0 Å². The number of aromatic hydroxyl groups is 1. The van der Waals surface area contributed by atoms with E-state index < -0.39 is 0 Å². The van der Waals surface area contributed by atoms with E-state index in [4.69, 9.17) is 0 Å². The van der Waals surface area contributed by atoms with Gasteiger partial charge in [0.05, 0.1) is 26.2 Å². The lowest BCUT2D eigenvalue weighted by molar-refractivity contribution is -0.946. The first-order chi connectivity index (χ1) is 9.92. The third-order valence-electron chi connectivity index (χ3n) is 7.03. The number of nitrogens with zero attached hydrogens (tertiary/aromatic N) is 1. The molecule has 1 N–H and O–H groups in total. The second-order valence-corrected chi connectivity index (χ2v) is 8.40. The Balaban J connectivity index is 1.76. The van der Waals surface area contributed by atoms with Gasteiger partial charge in [0, 0.05) is 30.1 Å². The zero-order valence-electron chi connectivity index (χ0n) is 13.6. The predicted molar refractivity (Wildman–Crippen MR) is 85.4 cm³/mol. The molecule has 2 aliphatic carbocycles. The summed E-state index contributed by atoms with van der Waals surface area (Å²) in [4.78, 5) is 0. The van der Waals surface area contributed by atoms with Gasteiger partial charge in [-0.15, -0.1) is 0 Å². The molecular formula is C19H28NO+. The molecule has 1 heterocycles. The highest BCUT2D eigenvalue weighted by Crippen LogP contribution is 2.52. The van der Waals surface area contributed by atoms with Gasteiger partial charge in [-0.1, -0.05) is 19.9 Å². The molecule has 21 heavy (non-hydrogen) atoms. The van der Waals surface area contributed by atoms with Crippen molar-refractivity contribution in [2.24, 2.45) is 11.8 Å². The van der Waals surface area contributed by atoms with Crippen molar-refractivity contribution in [1.82, 2.24) is 0 Å². The minimum atomic E-state index is 0.248. The van der Waals surface area contributed by atoms with Crippen molar-refractivity contribution >= 4 is 0 Å². The van der Waals surface area contributed by atoms with E-state index in [1.807, 2.05) is 12.1 Å². The summed E-state index contributed by atoms with van der Waals surface area (Å²) in [7, 11) is 2.50. The Morgan fingerprint density at radius 2 is 2.10 bits per heavy atom. The quantitative estimate of drug-likeness (QED) is 0.825.